The minimum absolute atomic E-state index is 0.154. The number of nitrogens with zero attached hydrogens (tertiary/aromatic N) is 2. The van der Waals surface area contributed by atoms with Crippen molar-refractivity contribution in [2.75, 3.05) is 13.6 Å². The summed E-state index contributed by atoms with van der Waals surface area (Å²) in [6.45, 7) is 5.13. The minimum atomic E-state index is -1.95. The number of amides is 3. The van der Waals surface area contributed by atoms with Gasteiger partial charge in [-0.25, -0.2) is 4.39 Å². The molecule has 0 spiro atoms. The second kappa shape index (κ2) is 3.93. The zero-order valence-electron chi connectivity index (χ0n) is 12.6. The molecule has 3 amide bonds. The number of rotatable bonds is 0. The van der Waals surface area contributed by atoms with Gasteiger partial charge < -0.3 is 4.90 Å². The molecule has 2 saturated heterocycles. The molecule has 4 rings (SSSR count). The first kappa shape index (κ1) is 14.2. The highest BCUT2D eigenvalue weighted by Gasteiger charge is 2.66. The van der Waals surface area contributed by atoms with Crippen LogP contribution in [0.4, 0.5) is 4.39 Å². The third-order valence-corrected chi connectivity index (χ3v) is 4.70. The van der Waals surface area contributed by atoms with Crippen LogP contribution >= 0.6 is 0 Å². The molecule has 5 nitrogen and oxygen atoms in total. The molecule has 0 aromatic carbocycles. The predicted octanol–water partition coefficient (Wildman–Crippen LogP) is 0.752. The number of carbonyl (C=O) groups is 3. The Hall–Kier alpha value is -1.72. The van der Waals surface area contributed by atoms with Gasteiger partial charge in [0.25, 0.3) is 0 Å². The van der Waals surface area contributed by atoms with E-state index in [0.717, 1.165) is 4.90 Å². The molecule has 0 unspecified atom stereocenters. The third-order valence-electron chi connectivity index (χ3n) is 4.70. The first-order valence-corrected chi connectivity index (χ1v) is 7.09. The van der Waals surface area contributed by atoms with E-state index in [0.29, 0.717) is 0 Å². The van der Waals surface area contributed by atoms with Gasteiger partial charge in [0.2, 0.25) is 17.7 Å². The molecule has 0 aromatic rings. The van der Waals surface area contributed by atoms with Gasteiger partial charge >= 0.3 is 0 Å². The highest BCUT2D eigenvalue weighted by atomic mass is 19.1. The lowest BCUT2D eigenvalue weighted by Crippen LogP contribution is -2.65. The number of halogens is 1. The summed E-state index contributed by atoms with van der Waals surface area (Å²) >= 11 is 0. The van der Waals surface area contributed by atoms with Gasteiger partial charge in [0.15, 0.2) is 5.67 Å². The second-order valence-electron chi connectivity index (χ2n) is 7.20. The summed E-state index contributed by atoms with van der Waals surface area (Å²) in [6, 6.07) is -0.527. The number of fused-ring (bicyclic) bond motifs is 1. The summed E-state index contributed by atoms with van der Waals surface area (Å²) in [4.78, 5) is 39.4. The number of hydrogen-bond acceptors (Lipinski definition) is 3. The molecule has 0 radical (unpaired) electrons. The van der Waals surface area contributed by atoms with Crippen LogP contribution in [-0.2, 0) is 14.4 Å². The maximum atomic E-state index is 15.2. The Bertz CT molecular complexity index is 580. The second-order valence-corrected chi connectivity index (χ2v) is 7.20. The normalized spacial score (nSPS) is 38.2. The first-order valence-electron chi connectivity index (χ1n) is 7.09. The summed E-state index contributed by atoms with van der Waals surface area (Å²) in [5.74, 6) is -2.86. The first-order chi connectivity index (χ1) is 9.58. The average Bonchev–Trinajstić information content (AvgIpc) is 2.63. The molecule has 0 saturated carbocycles. The van der Waals surface area contributed by atoms with Crippen molar-refractivity contribution in [2.45, 2.75) is 32.5 Å². The van der Waals surface area contributed by atoms with Crippen molar-refractivity contribution in [1.82, 2.24) is 9.80 Å². The molecule has 2 fully saturated rings. The fraction of sp³-hybridized carbons (Fsp3) is 0.667. The Morgan fingerprint density at radius 2 is 1.95 bits per heavy atom. The van der Waals surface area contributed by atoms with E-state index in [1.54, 1.807) is 26.8 Å². The Morgan fingerprint density at radius 3 is 2.52 bits per heavy atom. The standard InChI is InChI=1S/C15H19FN2O3/c1-14(2,3)13(21)18-7-15(16)6-5-8(18)9-10(15)12(20)17(4)11(9)19/h5-6,8-10H,7H2,1-4H3/t8-,9+,10-,15+/m1/s1. The third kappa shape index (κ3) is 1.71. The molecule has 21 heavy (non-hydrogen) atoms. The highest BCUT2D eigenvalue weighted by molar-refractivity contribution is 6.07. The van der Waals surface area contributed by atoms with E-state index >= 15 is 4.39 Å². The van der Waals surface area contributed by atoms with E-state index in [1.165, 1.54) is 18.0 Å². The zero-order chi connectivity index (χ0) is 15.7. The smallest absolute Gasteiger partial charge is 0.236 e. The molecule has 4 atom stereocenters. The molecular weight excluding hydrogens is 275 g/mol. The van der Waals surface area contributed by atoms with Crippen molar-refractivity contribution in [3.05, 3.63) is 12.2 Å². The van der Waals surface area contributed by atoms with Crippen LogP contribution in [0.5, 0.6) is 0 Å². The van der Waals surface area contributed by atoms with E-state index in [4.69, 9.17) is 0 Å². The summed E-state index contributed by atoms with van der Waals surface area (Å²) in [5.41, 5.74) is -2.60. The number of imide groups is 1. The Kier molecular flexibility index (Phi) is 2.66. The van der Waals surface area contributed by atoms with E-state index in [9.17, 15) is 14.4 Å². The molecule has 0 N–H and O–H groups in total. The lowest BCUT2D eigenvalue weighted by Gasteiger charge is -2.51. The fourth-order valence-corrected chi connectivity index (χ4v) is 3.62. The van der Waals surface area contributed by atoms with Gasteiger partial charge in [0, 0.05) is 12.5 Å². The van der Waals surface area contributed by atoms with Gasteiger partial charge in [-0.1, -0.05) is 26.8 Å². The van der Waals surface area contributed by atoms with Gasteiger partial charge in [-0.3, -0.25) is 19.3 Å². The van der Waals surface area contributed by atoms with Gasteiger partial charge in [0.05, 0.1) is 24.4 Å². The molecule has 1 aliphatic carbocycles. The van der Waals surface area contributed by atoms with Crippen LogP contribution in [0.15, 0.2) is 12.2 Å². The Balaban J connectivity index is 2.05. The molecule has 2 bridgehead atoms. The maximum Gasteiger partial charge on any atom is 0.236 e. The van der Waals surface area contributed by atoms with Gasteiger partial charge in [-0.05, 0) is 6.08 Å². The lowest BCUT2D eigenvalue weighted by molar-refractivity contribution is -0.156. The number of likely N-dealkylation sites (tertiary alicyclic amines) is 1. The van der Waals surface area contributed by atoms with Crippen LogP contribution in [0.2, 0.25) is 0 Å². The van der Waals surface area contributed by atoms with E-state index < -0.39 is 40.8 Å². The van der Waals surface area contributed by atoms with Crippen LogP contribution in [0, 0.1) is 17.3 Å². The van der Waals surface area contributed by atoms with Crippen LogP contribution < -0.4 is 0 Å². The van der Waals surface area contributed by atoms with E-state index in [1.807, 2.05) is 0 Å². The average molecular weight is 294 g/mol. The van der Waals surface area contributed by atoms with Crippen molar-refractivity contribution in [3.63, 3.8) is 0 Å². The lowest BCUT2D eigenvalue weighted by atomic mass is 9.68. The largest absolute Gasteiger partial charge is 0.331 e. The van der Waals surface area contributed by atoms with Crippen molar-refractivity contribution < 1.29 is 18.8 Å². The molecule has 114 valence electrons. The predicted molar refractivity (Wildman–Crippen MR) is 72.7 cm³/mol. The SMILES string of the molecule is CN1C(=O)[C@H]2[C@H]3C=C[C@](F)(CN3C(=O)C(C)(C)C)[C@H]2C1=O. The van der Waals surface area contributed by atoms with Crippen molar-refractivity contribution in [2.24, 2.45) is 17.3 Å². The van der Waals surface area contributed by atoms with E-state index in [-0.39, 0.29) is 12.5 Å². The fourth-order valence-electron chi connectivity index (χ4n) is 3.62. The van der Waals surface area contributed by atoms with Crippen molar-refractivity contribution >= 4 is 17.7 Å². The highest BCUT2D eigenvalue weighted by Crippen LogP contribution is 2.49. The monoisotopic (exact) mass is 294 g/mol. The topological polar surface area (TPSA) is 57.7 Å². The van der Waals surface area contributed by atoms with Crippen LogP contribution in [0.3, 0.4) is 0 Å². The molecule has 3 heterocycles. The molecule has 6 heteroatoms. The van der Waals surface area contributed by atoms with Gasteiger partial charge in [-0.15, -0.1) is 0 Å². The number of piperidine rings is 1. The molecule has 3 aliphatic heterocycles. The summed E-state index contributed by atoms with van der Waals surface area (Å²) in [7, 11) is 1.38. The van der Waals surface area contributed by atoms with Crippen LogP contribution in [0.1, 0.15) is 20.8 Å². The van der Waals surface area contributed by atoms with Gasteiger partial charge in [0.1, 0.15) is 0 Å². The van der Waals surface area contributed by atoms with Crippen molar-refractivity contribution in [3.8, 4) is 0 Å². The molecular formula is C15H19FN2O3. The maximum absolute atomic E-state index is 15.2. The van der Waals surface area contributed by atoms with Crippen molar-refractivity contribution in [1.29, 1.82) is 0 Å². The molecule has 0 aromatic heterocycles. The number of carbonyl (C=O) groups excluding carboxylic acids is 3. The quantitative estimate of drug-likeness (QED) is 0.489. The van der Waals surface area contributed by atoms with Crippen LogP contribution in [-0.4, -0.2) is 52.8 Å². The van der Waals surface area contributed by atoms with Gasteiger partial charge in [-0.2, -0.15) is 0 Å². The Labute approximate surface area is 122 Å². The van der Waals surface area contributed by atoms with Crippen LogP contribution in [0.25, 0.3) is 0 Å². The number of hydrogen-bond donors (Lipinski definition) is 0. The molecule has 4 aliphatic rings. The number of alkyl halides is 1. The summed E-state index contributed by atoms with van der Waals surface area (Å²) < 4.78 is 15.2. The Morgan fingerprint density at radius 1 is 1.33 bits per heavy atom. The minimum Gasteiger partial charge on any atom is -0.331 e. The zero-order valence-corrected chi connectivity index (χ0v) is 12.6. The summed E-state index contributed by atoms with van der Waals surface area (Å²) in [5, 5.41) is 0. The van der Waals surface area contributed by atoms with E-state index in [2.05, 4.69) is 0 Å². The summed E-state index contributed by atoms with van der Waals surface area (Å²) in [6.07, 6.45) is 2.92.